The number of fused-ring (bicyclic) bond motifs is 13. The number of hydrogen-bond acceptors (Lipinski definition) is 13. The summed E-state index contributed by atoms with van der Waals surface area (Å²) in [5.74, 6) is -3.13. The number of carbonyl (C=O) groups excluding carboxylic acids is 1. The average Bonchev–Trinajstić information content (AvgIpc) is 3.98. The molecule has 13 nitrogen and oxygen atoms in total. The number of ketones is 1. The maximum atomic E-state index is 15.0. The molecule has 1 aromatic rings. The number of hydrogen-bond donors (Lipinski definition) is 6. The second-order valence-electron chi connectivity index (χ2n) is 26.6. The molecule has 3 spiro atoms. The third-order valence-electron chi connectivity index (χ3n) is 23.9. The molecule has 0 aromatic carbocycles. The van der Waals surface area contributed by atoms with Crippen LogP contribution < -0.4 is 0 Å². The van der Waals surface area contributed by atoms with Crippen molar-refractivity contribution in [3.8, 4) is 0 Å². The Hall–Kier alpha value is -2.17. The second-order valence-corrected chi connectivity index (χ2v) is 26.6. The van der Waals surface area contributed by atoms with Crippen LogP contribution >= 0.6 is 0 Å². The number of carbonyl (C=O) groups is 1. The first-order chi connectivity index (χ1) is 31.8. The summed E-state index contributed by atoms with van der Waals surface area (Å²) in [6, 6.07) is 0. The second kappa shape index (κ2) is 13.5. The zero-order valence-electron chi connectivity index (χ0n) is 41.7. The Morgan fingerprint density at radius 1 is 0.765 bits per heavy atom. The number of aliphatic hydroxyl groups excluding tert-OH is 4. The fraction of sp³-hybridized carbons (Fsp3) is 0.836. The van der Waals surface area contributed by atoms with E-state index in [9.17, 15) is 30.6 Å². The van der Waals surface area contributed by atoms with Gasteiger partial charge in [-0.2, -0.15) is 0 Å². The lowest BCUT2D eigenvalue weighted by molar-refractivity contribution is -0.337. The first kappa shape index (κ1) is 45.7. The molecule has 4 saturated heterocycles. The summed E-state index contributed by atoms with van der Waals surface area (Å²) in [6.45, 7) is 18.2. The van der Waals surface area contributed by atoms with Gasteiger partial charge >= 0.3 is 0 Å². The van der Waals surface area contributed by atoms with Gasteiger partial charge in [-0.1, -0.05) is 64.8 Å². The number of nitrogens with zero attached hydrogens (tertiary/aromatic N) is 2. The van der Waals surface area contributed by atoms with E-state index in [-0.39, 0.29) is 78.7 Å². The van der Waals surface area contributed by atoms with E-state index >= 15 is 4.79 Å². The summed E-state index contributed by atoms with van der Waals surface area (Å²) in [7, 11) is 0. The molecular weight excluding hydrogens is 865 g/mol. The molecule has 13 heteroatoms. The normalized spacial score (nSPS) is 57.7. The molecule has 1 aromatic heterocycles. The van der Waals surface area contributed by atoms with Gasteiger partial charge in [-0.05, 0) is 120 Å². The number of aliphatic hydroxyl groups is 6. The topological polar surface area (TPSA) is 201 Å². The number of Topliss-reactive ketones (excluding diaryl/α,β-unsaturated/α-hetero) is 1. The third kappa shape index (κ3) is 4.94. The van der Waals surface area contributed by atoms with E-state index in [0.29, 0.717) is 31.6 Å². The number of aromatic nitrogens is 2. The summed E-state index contributed by atoms with van der Waals surface area (Å²) in [4.78, 5) is 26.1. The Bertz CT molecular complexity index is 2480. The fourth-order valence-electron chi connectivity index (χ4n) is 19.4. The molecule has 13 rings (SSSR count). The van der Waals surface area contributed by atoms with Gasteiger partial charge in [0.15, 0.2) is 5.79 Å². The van der Waals surface area contributed by atoms with E-state index in [4.69, 9.17) is 28.9 Å². The minimum absolute atomic E-state index is 0.0580. The Balaban J connectivity index is 0.771. The predicted octanol–water partition coefficient (Wildman–Crippen LogP) is 4.87. The van der Waals surface area contributed by atoms with Crippen LogP contribution in [0.2, 0.25) is 0 Å². The standard InChI is InChI=1S/C55H76N2O11/c1-26-32-14-15-33-34-13-11-30-17-38-40(21-49(30,8)52(34,63)23-42(60)51(32,33)25-65-54(26)45(62)27(2)46(4,5)67-54)57-37-16-29-10-12-31-35(48(29,7)20-39(37)56-38)18-41(59)50(9)36(31)19-44-53(50,64)28(3)55(66-44)43(61)22-47(6,24-58)68-55/h15,19,26-32,34-35,41,43-45,58-59,61-64H,10-14,16-18,20-25H2,1-9H3/t26?,27?,28?,29?,30?,31-,32-,34+,35?,41-,43?,44+,45?,47+,48+,49+,50-,51-,52?,53-,54-,55+/m0/s1. The van der Waals surface area contributed by atoms with Gasteiger partial charge < -0.3 is 49.6 Å². The van der Waals surface area contributed by atoms with Gasteiger partial charge in [0.25, 0.3) is 0 Å². The van der Waals surface area contributed by atoms with Gasteiger partial charge in [0.05, 0.1) is 64.3 Å². The molecule has 8 fully saturated rings. The summed E-state index contributed by atoms with van der Waals surface area (Å²) in [5.41, 5.74) is -0.724. The first-order valence-corrected chi connectivity index (χ1v) is 26.5. The maximum absolute atomic E-state index is 15.0. The Morgan fingerprint density at radius 2 is 1.46 bits per heavy atom. The third-order valence-corrected chi connectivity index (χ3v) is 23.9. The lowest BCUT2D eigenvalue weighted by atomic mass is 9.42. The monoisotopic (exact) mass is 941 g/mol. The van der Waals surface area contributed by atoms with Crippen LogP contribution in [0.5, 0.6) is 0 Å². The molecule has 5 heterocycles. The molecular formula is C55H76N2O11. The Labute approximate surface area is 400 Å². The average molecular weight is 941 g/mol. The zero-order valence-corrected chi connectivity index (χ0v) is 41.7. The van der Waals surface area contributed by atoms with E-state index in [2.05, 4.69) is 32.9 Å². The van der Waals surface area contributed by atoms with Crippen molar-refractivity contribution in [3.63, 3.8) is 0 Å². The van der Waals surface area contributed by atoms with Gasteiger partial charge in [0.2, 0.25) is 5.79 Å². The van der Waals surface area contributed by atoms with Crippen molar-refractivity contribution < 1.29 is 54.4 Å². The largest absolute Gasteiger partial charge is 0.393 e. The predicted molar refractivity (Wildman–Crippen MR) is 246 cm³/mol. The summed E-state index contributed by atoms with van der Waals surface area (Å²) < 4.78 is 26.4. The number of rotatable bonds is 1. The van der Waals surface area contributed by atoms with Crippen molar-refractivity contribution >= 4 is 5.78 Å². The van der Waals surface area contributed by atoms with E-state index < -0.39 is 80.6 Å². The van der Waals surface area contributed by atoms with Gasteiger partial charge in [0.1, 0.15) is 29.7 Å². The summed E-state index contributed by atoms with van der Waals surface area (Å²) >= 11 is 0. The van der Waals surface area contributed by atoms with E-state index in [1.54, 1.807) is 6.92 Å². The fourth-order valence-corrected chi connectivity index (χ4v) is 19.4. The number of allylic oxidation sites excluding steroid dienone is 1. The molecule has 0 radical (unpaired) electrons. The van der Waals surface area contributed by atoms with Gasteiger partial charge in [-0.15, -0.1) is 0 Å². The summed E-state index contributed by atoms with van der Waals surface area (Å²) in [6.07, 6.45) is 8.77. The minimum Gasteiger partial charge on any atom is -0.393 e. The van der Waals surface area contributed by atoms with Crippen molar-refractivity contribution in [2.45, 2.75) is 198 Å². The molecule has 0 bridgehead atoms. The van der Waals surface area contributed by atoms with Crippen molar-refractivity contribution in [3.05, 3.63) is 46.1 Å². The van der Waals surface area contributed by atoms with Crippen LogP contribution in [0.3, 0.4) is 0 Å². The molecule has 12 aliphatic rings. The highest BCUT2D eigenvalue weighted by atomic mass is 16.7. The maximum Gasteiger partial charge on any atom is 0.201 e. The van der Waals surface area contributed by atoms with Crippen molar-refractivity contribution in [1.29, 1.82) is 0 Å². The van der Waals surface area contributed by atoms with Crippen LogP contribution in [-0.2, 0) is 49.4 Å². The van der Waals surface area contributed by atoms with Crippen LogP contribution in [0.4, 0.5) is 0 Å². The van der Waals surface area contributed by atoms with Crippen LogP contribution in [0.25, 0.3) is 0 Å². The molecule has 6 N–H and O–H groups in total. The van der Waals surface area contributed by atoms with Crippen molar-refractivity contribution in [2.24, 2.45) is 74.9 Å². The van der Waals surface area contributed by atoms with Crippen LogP contribution in [0.15, 0.2) is 23.3 Å². The lowest BCUT2D eigenvalue weighted by Gasteiger charge is -2.64. The summed E-state index contributed by atoms with van der Waals surface area (Å²) in [5, 5.41) is 71.9. The van der Waals surface area contributed by atoms with E-state index in [1.165, 1.54) is 0 Å². The van der Waals surface area contributed by atoms with Crippen LogP contribution in [0, 0.1) is 74.9 Å². The SMILES string of the molecule is CC1C(O)[C@@]2(OC[C@@]34C(=O)CC5(O)[C@H](CCC6Cc7nc8c(nc7C[C@]65C)CC5CC[C@@H]6C7=C[C@H]9O[C@@]%10(O[C@@](C)(CO)CC%10O)C(C)[C@@]9(O)[C@]7(C)[C@@H](O)CC6[C@]5(C)C8)C3=CC[C@H]4C2C)OC1(C)C. The van der Waals surface area contributed by atoms with E-state index in [1.807, 2.05) is 34.6 Å². The van der Waals surface area contributed by atoms with Crippen molar-refractivity contribution in [1.82, 2.24) is 9.97 Å². The molecule has 22 atom stereocenters. The zero-order chi connectivity index (χ0) is 48.1. The van der Waals surface area contributed by atoms with Crippen LogP contribution in [0.1, 0.15) is 136 Å². The molecule has 9 unspecified atom stereocenters. The molecule has 68 heavy (non-hydrogen) atoms. The highest BCUT2D eigenvalue weighted by molar-refractivity contribution is 5.92. The van der Waals surface area contributed by atoms with Gasteiger partial charge in [0, 0.05) is 47.3 Å². The smallest absolute Gasteiger partial charge is 0.201 e. The molecule has 8 aliphatic carbocycles. The minimum atomic E-state index is -1.52. The number of ether oxygens (including phenoxy) is 4. The Morgan fingerprint density at radius 3 is 2.13 bits per heavy atom. The Kier molecular flexibility index (Phi) is 9.07. The molecule has 372 valence electrons. The molecule has 0 amide bonds. The first-order valence-electron chi connectivity index (χ1n) is 26.5. The molecule has 4 aliphatic heterocycles. The van der Waals surface area contributed by atoms with Crippen LogP contribution in [-0.4, -0.2) is 118 Å². The van der Waals surface area contributed by atoms with Crippen molar-refractivity contribution in [2.75, 3.05) is 13.2 Å². The van der Waals surface area contributed by atoms with E-state index in [0.717, 1.165) is 72.4 Å². The lowest BCUT2D eigenvalue weighted by Crippen LogP contribution is -2.70. The molecule has 4 saturated carbocycles. The quantitative estimate of drug-likeness (QED) is 0.209. The highest BCUT2D eigenvalue weighted by Gasteiger charge is 2.80. The highest BCUT2D eigenvalue weighted by Crippen LogP contribution is 2.73. The van der Waals surface area contributed by atoms with Gasteiger partial charge in [-0.3, -0.25) is 14.8 Å². The van der Waals surface area contributed by atoms with Gasteiger partial charge in [-0.25, -0.2) is 0 Å².